The van der Waals surface area contributed by atoms with Gasteiger partial charge in [-0.2, -0.15) is 5.26 Å². The fourth-order valence-electron chi connectivity index (χ4n) is 5.68. The largest absolute Gasteiger partial charge is 0.370 e. The third kappa shape index (κ3) is 12.3. The first-order valence-electron chi connectivity index (χ1n) is 17.4. The van der Waals surface area contributed by atoms with Gasteiger partial charge in [0.25, 0.3) is 0 Å². The van der Waals surface area contributed by atoms with E-state index in [-0.39, 0.29) is 31.7 Å². The van der Waals surface area contributed by atoms with Crippen molar-refractivity contribution in [3.05, 3.63) is 59.8 Å². The van der Waals surface area contributed by atoms with Crippen LogP contribution in [0.25, 0.3) is 10.9 Å². The molecule has 0 spiro atoms. The number of nitrogens with zero attached hydrogens (tertiary/aromatic N) is 3. The molecule has 0 saturated carbocycles. The zero-order chi connectivity index (χ0) is 40.3. The Morgan fingerprint density at radius 2 is 1.57 bits per heavy atom. The molecule has 0 fully saturated rings. The standard InChI is InChI=1S/C37H50N10O6S/c1-21(2)33(34(40)50)45-35(51)22(3)42-37(53)29(17-24-19-41-27-11-9-8-10-26(24)27)44-36(52)28(13-15-31(39)48)43-32(49)20-46(4)54-25-12-14-30(47(5,6)7)23(16-25)18-38/h8-12,14,16,19,21-22,28-29,33,41H,13,15,17,20H2,1-7H3,(H7-,39,40,42,43,44,45,48,49,50,51,52,53)/p+1/t22-,28-,29-,33-/m0/s1. The van der Waals surface area contributed by atoms with Gasteiger partial charge in [-0.1, -0.05) is 32.0 Å². The summed E-state index contributed by atoms with van der Waals surface area (Å²) in [6, 6.07) is 10.5. The second kappa shape index (κ2) is 19.1. The van der Waals surface area contributed by atoms with Gasteiger partial charge in [0.05, 0.1) is 27.7 Å². The summed E-state index contributed by atoms with van der Waals surface area (Å²) in [6.07, 6.45) is 1.33. The molecule has 4 atom stereocenters. The Morgan fingerprint density at radius 3 is 2.19 bits per heavy atom. The Morgan fingerprint density at radius 1 is 0.907 bits per heavy atom. The second-order valence-corrected chi connectivity index (χ2v) is 15.6. The van der Waals surface area contributed by atoms with Crippen molar-refractivity contribution in [2.75, 3.05) is 34.7 Å². The van der Waals surface area contributed by atoms with Gasteiger partial charge in [0, 0.05) is 40.9 Å². The highest BCUT2D eigenvalue weighted by molar-refractivity contribution is 7.97. The van der Waals surface area contributed by atoms with E-state index in [0.717, 1.165) is 21.5 Å². The topological polar surface area (TPSA) is 245 Å². The maximum Gasteiger partial charge on any atom is 0.243 e. The second-order valence-electron chi connectivity index (χ2n) is 14.3. The van der Waals surface area contributed by atoms with Crippen molar-refractivity contribution in [2.24, 2.45) is 17.4 Å². The van der Waals surface area contributed by atoms with Gasteiger partial charge in [0.1, 0.15) is 41.5 Å². The van der Waals surface area contributed by atoms with Crippen molar-refractivity contribution in [2.45, 2.75) is 69.1 Å². The summed E-state index contributed by atoms with van der Waals surface area (Å²) in [7, 11) is 7.54. The van der Waals surface area contributed by atoms with Crippen molar-refractivity contribution in [1.29, 1.82) is 5.26 Å². The van der Waals surface area contributed by atoms with E-state index in [1.54, 1.807) is 37.5 Å². The highest BCUT2D eigenvalue weighted by atomic mass is 32.2. The average Bonchev–Trinajstić information content (AvgIpc) is 3.49. The van der Waals surface area contributed by atoms with Crippen molar-refractivity contribution >= 4 is 64.0 Å². The number of primary amides is 2. The molecule has 9 N–H and O–H groups in total. The van der Waals surface area contributed by atoms with Crippen LogP contribution in [0.5, 0.6) is 0 Å². The van der Waals surface area contributed by atoms with Crippen LogP contribution in [0.3, 0.4) is 0 Å². The number of hydrogen-bond acceptors (Lipinski definition) is 9. The number of amides is 6. The van der Waals surface area contributed by atoms with E-state index in [1.807, 2.05) is 57.5 Å². The van der Waals surface area contributed by atoms with Gasteiger partial charge in [0.2, 0.25) is 35.4 Å². The van der Waals surface area contributed by atoms with E-state index < -0.39 is 59.6 Å². The zero-order valence-electron chi connectivity index (χ0n) is 31.7. The molecule has 17 heteroatoms. The SMILES string of the molecule is CC(C)[C@H](NC(=O)[C@H](C)NC(=O)[C@H](Cc1c[nH]c2ccccc12)NC(=O)[C@H](CCC(N)=O)NC(=O)CN(C)Sc1ccc([N+](C)(C)C)c(C#N)c1)C(N)=O. The minimum Gasteiger partial charge on any atom is -0.370 e. The molecule has 54 heavy (non-hydrogen) atoms. The van der Waals surface area contributed by atoms with Crippen LogP contribution < -0.4 is 37.2 Å². The summed E-state index contributed by atoms with van der Waals surface area (Å²) in [4.78, 5) is 81.3. The number of likely N-dealkylation sites (N-methyl/N-ethyl adjacent to an activating group) is 1. The highest BCUT2D eigenvalue weighted by Crippen LogP contribution is 2.29. The molecule has 0 saturated heterocycles. The maximum absolute atomic E-state index is 13.8. The molecule has 1 aromatic heterocycles. The van der Waals surface area contributed by atoms with Crippen molar-refractivity contribution in [3.8, 4) is 6.07 Å². The number of aromatic amines is 1. The third-order valence-electron chi connectivity index (χ3n) is 8.52. The molecule has 0 bridgehead atoms. The van der Waals surface area contributed by atoms with Crippen LogP contribution in [0.15, 0.2) is 53.6 Å². The number of carbonyl (C=O) groups excluding carboxylic acids is 6. The lowest BCUT2D eigenvalue weighted by Gasteiger charge is -2.26. The molecule has 2 aromatic carbocycles. The number of aromatic nitrogens is 1. The summed E-state index contributed by atoms with van der Waals surface area (Å²) < 4.78 is 2.08. The van der Waals surface area contributed by atoms with Crippen LogP contribution in [-0.4, -0.2) is 104 Å². The molecule has 0 aliphatic rings. The van der Waals surface area contributed by atoms with Gasteiger partial charge in [-0.05, 0) is 62.0 Å². The number of hydrogen-bond donors (Lipinski definition) is 7. The average molecular weight is 764 g/mol. The smallest absolute Gasteiger partial charge is 0.243 e. The number of H-pyrrole nitrogens is 1. The molecule has 3 aromatic rings. The molecule has 0 aliphatic heterocycles. The Labute approximate surface area is 319 Å². The normalized spacial score (nSPS) is 13.7. The highest BCUT2D eigenvalue weighted by Gasteiger charge is 2.31. The lowest BCUT2D eigenvalue weighted by atomic mass is 10.0. The van der Waals surface area contributed by atoms with E-state index >= 15 is 0 Å². The lowest BCUT2D eigenvalue weighted by Crippen LogP contribution is -2.58. The van der Waals surface area contributed by atoms with Crippen LogP contribution in [-0.2, 0) is 35.2 Å². The predicted molar refractivity (Wildman–Crippen MR) is 207 cm³/mol. The summed E-state index contributed by atoms with van der Waals surface area (Å²) in [5.74, 6) is -4.37. The summed E-state index contributed by atoms with van der Waals surface area (Å²) >= 11 is 1.23. The van der Waals surface area contributed by atoms with E-state index in [0.29, 0.717) is 15.6 Å². The number of para-hydroxylation sites is 1. The monoisotopic (exact) mass is 763 g/mol. The van der Waals surface area contributed by atoms with Gasteiger partial charge in [-0.25, -0.2) is 4.31 Å². The molecule has 3 rings (SSSR count). The molecule has 6 amide bonds. The minimum absolute atomic E-state index is 0.000731. The van der Waals surface area contributed by atoms with E-state index in [2.05, 4.69) is 32.3 Å². The Hall–Kier alpha value is -5.44. The van der Waals surface area contributed by atoms with Crippen molar-refractivity contribution in [1.82, 2.24) is 35.0 Å². The van der Waals surface area contributed by atoms with Crippen LogP contribution >= 0.6 is 11.9 Å². The first-order valence-corrected chi connectivity index (χ1v) is 18.2. The molecule has 1 heterocycles. The van der Waals surface area contributed by atoms with Crippen LogP contribution in [0.4, 0.5) is 5.69 Å². The number of nitrogens with one attached hydrogen (secondary N) is 5. The molecule has 290 valence electrons. The molecule has 0 unspecified atom stereocenters. The van der Waals surface area contributed by atoms with E-state index in [1.165, 1.54) is 18.9 Å². The fourth-order valence-corrected chi connectivity index (χ4v) is 6.52. The minimum atomic E-state index is -1.25. The summed E-state index contributed by atoms with van der Waals surface area (Å²) in [5, 5.41) is 21.0. The Balaban J connectivity index is 1.80. The quantitative estimate of drug-likeness (QED) is 0.0673. The molecular formula is C37H51N10O6S+. The first kappa shape index (κ1) is 43.0. The lowest BCUT2D eigenvalue weighted by molar-refractivity contribution is -0.134. The molecule has 0 aliphatic carbocycles. The van der Waals surface area contributed by atoms with E-state index in [9.17, 15) is 34.0 Å². The number of benzene rings is 2. The third-order valence-corrected chi connectivity index (χ3v) is 9.43. The van der Waals surface area contributed by atoms with Gasteiger partial charge < -0.3 is 37.7 Å². The summed E-state index contributed by atoms with van der Waals surface area (Å²) in [6.45, 7) is 4.69. The number of nitrogens with two attached hydrogens (primary N) is 2. The van der Waals surface area contributed by atoms with Crippen molar-refractivity contribution < 1.29 is 28.8 Å². The van der Waals surface area contributed by atoms with Gasteiger partial charge in [-0.15, -0.1) is 0 Å². The van der Waals surface area contributed by atoms with Crippen LogP contribution in [0.1, 0.15) is 44.7 Å². The fraction of sp³-hybridized carbons (Fsp3) is 0.432. The predicted octanol–water partition coefficient (Wildman–Crippen LogP) is 0.784. The Bertz CT molecular complexity index is 1900. The van der Waals surface area contributed by atoms with Gasteiger partial charge in [0.15, 0.2) is 0 Å². The number of nitriles is 1. The van der Waals surface area contributed by atoms with Gasteiger partial charge >= 0.3 is 0 Å². The number of fused-ring (bicyclic) bond motifs is 1. The maximum atomic E-state index is 13.8. The van der Waals surface area contributed by atoms with E-state index in [4.69, 9.17) is 11.5 Å². The Kier molecular flexibility index (Phi) is 15.2. The number of carbonyl (C=O) groups is 6. The zero-order valence-corrected chi connectivity index (χ0v) is 32.5. The number of rotatable bonds is 19. The van der Waals surface area contributed by atoms with Gasteiger partial charge in [-0.3, -0.25) is 33.3 Å². The molecule has 0 radical (unpaired) electrons. The van der Waals surface area contributed by atoms with Crippen LogP contribution in [0.2, 0.25) is 0 Å². The van der Waals surface area contributed by atoms with Crippen molar-refractivity contribution in [3.63, 3.8) is 0 Å². The summed E-state index contributed by atoms with van der Waals surface area (Å²) in [5.41, 5.74) is 13.7. The molecule has 16 nitrogen and oxygen atoms in total. The molecular weight excluding hydrogens is 713 g/mol. The van der Waals surface area contributed by atoms with Crippen LogP contribution in [0, 0.1) is 17.2 Å². The number of quaternary nitrogens is 1. The first-order chi connectivity index (χ1) is 25.3.